The van der Waals surface area contributed by atoms with Crippen molar-refractivity contribution >= 4 is 16.9 Å². The van der Waals surface area contributed by atoms with Crippen LogP contribution < -0.4 is 9.47 Å². The van der Waals surface area contributed by atoms with E-state index in [2.05, 4.69) is 11.0 Å². The van der Waals surface area contributed by atoms with E-state index in [1.165, 1.54) is 32.4 Å². The SMILES string of the molecule is CC(C)N(Cc1ccccc1)C(=O)Oc1ccc2cc(OCCCN3CCCCC3)ccc2c1. The quantitative estimate of drug-likeness (QED) is 0.342. The number of carbonyl (C=O) groups is 1. The fraction of sp³-hybridized carbons (Fsp3) is 0.414. The number of amides is 1. The Morgan fingerprint density at radius 3 is 2.29 bits per heavy atom. The zero-order valence-corrected chi connectivity index (χ0v) is 20.4. The molecule has 3 aromatic carbocycles. The average molecular weight is 461 g/mol. The molecular weight excluding hydrogens is 424 g/mol. The lowest BCUT2D eigenvalue weighted by atomic mass is 10.1. The molecule has 0 aromatic heterocycles. The molecule has 0 atom stereocenters. The van der Waals surface area contributed by atoms with Gasteiger partial charge in [0.1, 0.15) is 11.5 Å². The number of ether oxygens (including phenoxy) is 2. The van der Waals surface area contributed by atoms with Crippen LogP contribution >= 0.6 is 0 Å². The van der Waals surface area contributed by atoms with Gasteiger partial charge in [-0.25, -0.2) is 4.79 Å². The van der Waals surface area contributed by atoms with E-state index in [1.807, 2.05) is 74.5 Å². The summed E-state index contributed by atoms with van der Waals surface area (Å²) in [7, 11) is 0. The van der Waals surface area contributed by atoms with Crippen LogP contribution in [0.5, 0.6) is 11.5 Å². The van der Waals surface area contributed by atoms with Gasteiger partial charge in [-0.3, -0.25) is 0 Å². The molecule has 0 spiro atoms. The molecule has 0 radical (unpaired) electrons. The van der Waals surface area contributed by atoms with Crippen LogP contribution in [0.15, 0.2) is 66.7 Å². The minimum atomic E-state index is -0.341. The number of hydrogen-bond acceptors (Lipinski definition) is 4. The molecule has 3 aromatic rings. The van der Waals surface area contributed by atoms with Crippen molar-refractivity contribution in [2.75, 3.05) is 26.2 Å². The first-order valence-corrected chi connectivity index (χ1v) is 12.5. The van der Waals surface area contributed by atoms with Crippen molar-refractivity contribution in [3.8, 4) is 11.5 Å². The molecule has 4 rings (SSSR count). The molecule has 1 amide bonds. The predicted molar refractivity (Wildman–Crippen MR) is 137 cm³/mol. The Labute approximate surface area is 203 Å². The molecule has 180 valence electrons. The Bertz CT molecular complexity index is 1060. The number of carbonyl (C=O) groups excluding carboxylic acids is 1. The van der Waals surface area contributed by atoms with Gasteiger partial charge in [-0.15, -0.1) is 0 Å². The molecule has 1 fully saturated rings. The van der Waals surface area contributed by atoms with E-state index < -0.39 is 0 Å². The van der Waals surface area contributed by atoms with Crippen molar-refractivity contribution < 1.29 is 14.3 Å². The molecule has 0 unspecified atom stereocenters. The second-order valence-electron chi connectivity index (χ2n) is 9.35. The van der Waals surface area contributed by atoms with Crippen LogP contribution in [-0.2, 0) is 6.54 Å². The largest absolute Gasteiger partial charge is 0.494 e. The monoisotopic (exact) mass is 460 g/mol. The first kappa shape index (κ1) is 24.1. The van der Waals surface area contributed by atoms with Crippen molar-refractivity contribution in [3.05, 3.63) is 72.3 Å². The normalized spacial score (nSPS) is 14.3. The number of likely N-dealkylation sites (tertiary alicyclic amines) is 1. The van der Waals surface area contributed by atoms with E-state index in [4.69, 9.17) is 9.47 Å². The maximum Gasteiger partial charge on any atom is 0.415 e. The summed E-state index contributed by atoms with van der Waals surface area (Å²) in [4.78, 5) is 17.2. The highest BCUT2D eigenvalue weighted by atomic mass is 16.6. The van der Waals surface area contributed by atoms with Crippen LogP contribution in [0.3, 0.4) is 0 Å². The Hall–Kier alpha value is -3.05. The average Bonchev–Trinajstić information content (AvgIpc) is 2.86. The summed E-state index contributed by atoms with van der Waals surface area (Å²) in [6.07, 6.45) is 4.72. The fourth-order valence-corrected chi connectivity index (χ4v) is 4.41. The molecule has 0 bridgehead atoms. The highest BCUT2D eigenvalue weighted by Crippen LogP contribution is 2.26. The van der Waals surface area contributed by atoms with E-state index in [-0.39, 0.29) is 12.1 Å². The summed E-state index contributed by atoms with van der Waals surface area (Å²) < 4.78 is 11.7. The van der Waals surface area contributed by atoms with Crippen LogP contribution in [0.25, 0.3) is 10.8 Å². The van der Waals surface area contributed by atoms with E-state index in [1.54, 1.807) is 4.90 Å². The van der Waals surface area contributed by atoms with E-state index >= 15 is 0 Å². The van der Waals surface area contributed by atoms with Crippen molar-refractivity contribution in [2.24, 2.45) is 0 Å². The van der Waals surface area contributed by atoms with Crippen LogP contribution in [-0.4, -0.2) is 48.2 Å². The maximum absolute atomic E-state index is 12.9. The van der Waals surface area contributed by atoms with Gasteiger partial charge in [0, 0.05) is 19.1 Å². The van der Waals surface area contributed by atoms with Crippen LogP contribution in [0.1, 0.15) is 45.1 Å². The zero-order chi connectivity index (χ0) is 23.8. The van der Waals surface area contributed by atoms with Crippen molar-refractivity contribution in [1.29, 1.82) is 0 Å². The van der Waals surface area contributed by atoms with Gasteiger partial charge in [0.25, 0.3) is 0 Å². The lowest BCUT2D eigenvalue weighted by molar-refractivity contribution is 0.135. The van der Waals surface area contributed by atoms with Gasteiger partial charge in [0.15, 0.2) is 0 Å². The molecule has 1 saturated heterocycles. The van der Waals surface area contributed by atoms with E-state index in [0.29, 0.717) is 12.3 Å². The Morgan fingerprint density at radius 1 is 0.912 bits per heavy atom. The van der Waals surface area contributed by atoms with Gasteiger partial charge in [0.05, 0.1) is 6.61 Å². The second-order valence-corrected chi connectivity index (χ2v) is 9.35. The van der Waals surface area contributed by atoms with Crippen molar-refractivity contribution in [2.45, 2.75) is 52.1 Å². The maximum atomic E-state index is 12.9. The molecule has 5 nitrogen and oxygen atoms in total. The molecule has 0 saturated carbocycles. The molecule has 34 heavy (non-hydrogen) atoms. The van der Waals surface area contributed by atoms with Gasteiger partial charge in [-0.1, -0.05) is 48.9 Å². The summed E-state index contributed by atoms with van der Waals surface area (Å²) in [5, 5.41) is 2.09. The first-order chi connectivity index (χ1) is 16.6. The van der Waals surface area contributed by atoms with E-state index in [9.17, 15) is 4.79 Å². The van der Waals surface area contributed by atoms with Gasteiger partial charge < -0.3 is 19.3 Å². The topological polar surface area (TPSA) is 42.0 Å². The number of piperidine rings is 1. The summed E-state index contributed by atoms with van der Waals surface area (Å²) in [5.41, 5.74) is 1.08. The molecule has 5 heteroatoms. The number of rotatable bonds is 9. The summed E-state index contributed by atoms with van der Waals surface area (Å²) >= 11 is 0. The molecular formula is C29H36N2O3. The third-order valence-electron chi connectivity index (χ3n) is 6.38. The molecule has 0 aliphatic carbocycles. The van der Waals surface area contributed by atoms with Crippen LogP contribution in [0.4, 0.5) is 4.79 Å². The fourth-order valence-electron chi connectivity index (χ4n) is 4.41. The van der Waals surface area contributed by atoms with Crippen molar-refractivity contribution in [1.82, 2.24) is 9.80 Å². The lowest BCUT2D eigenvalue weighted by Crippen LogP contribution is -2.38. The highest BCUT2D eigenvalue weighted by molar-refractivity contribution is 5.86. The molecule has 1 aliphatic rings. The minimum absolute atomic E-state index is 0.0304. The summed E-state index contributed by atoms with van der Waals surface area (Å²) in [5.74, 6) is 1.43. The van der Waals surface area contributed by atoms with Crippen LogP contribution in [0, 0.1) is 0 Å². The Kier molecular flexibility index (Phi) is 8.42. The van der Waals surface area contributed by atoms with Gasteiger partial charge in [0.2, 0.25) is 0 Å². The summed E-state index contributed by atoms with van der Waals surface area (Å²) in [6, 6.07) is 21.8. The Balaban J connectivity index is 1.33. The third-order valence-corrected chi connectivity index (χ3v) is 6.38. The second kappa shape index (κ2) is 11.9. The number of fused-ring (bicyclic) bond motifs is 1. The highest BCUT2D eigenvalue weighted by Gasteiger charge is 2.19. The van der Waals surface area contributed by atoms with Gasteiger partial charge >= 0.3 is 6.09 Å². The van der Waals surface area contributed by atoms with Gasteiger partial charge in [-0.2, -0.15) is 0 Å². The third kappa shape index (κ3) is 6.73. The standard InChI is InChI=1S/C29H36N2O3/c1-23(2)31(22-24-10-5-3-6-11-24)29(32)34-28-15-13-25-20-27(14-12-26(25)21-28)33-19-9-18-30-16-7-4-8-17-30/h3,5-6,10-15,20-21,23H,4,7-9,16-19,22H2,1-2H3. The molecule has 0 N–H and O–H groups in total. The molecule has 1 heterocycles. The summed E-state index contributed by atoms with van der Waals surface area (Å²) in [6.45, 7) is 8.80. The lowest BCUT2D eigenvalue weighted by Gasteiger charge is -2.26. The molecule has 1 aliphatic heterocycles. The Morgan fingerprint density at radius 2 is 1.59 bits per heavy atom. The zero-order valence-electron chi connectivity index (χ0n) is 20.4. The number of hydrogen-bond donors (Lipinski definition) is 0. The minimum Gasteiger partial charge on any atom is -0.494 e. The van der Waals surface area contributed by atoms with E-state index in [0.717, 1.165) is 41.7 Å². The van der Waals surface area contributed by atoms with Crippen molar-refractivity contribution in [3.63, 3.8) is 0 Å². The first-order valence-electron chi connectivity index (χ1n) is 12.5. The number of benzene rings is 3. The number of nitrogens with zero attached hydrogens (tertiary/aromatic N) is 2. The van der Waals surface area contributed by atoms with Crippen LogP contribution in [0.2, 0.25) is 0 Å². The predicted octanol–water partition coefficient (Wildman–Crippen LogP) is 6.50. The van der Waals surface area contributed by atoms with Gasteiger partial charge in [-0.05, 0) is 86.8 Å². The smallest absolute Gasteiger partial charge is 0.415 e.